The first-order chi connectivity index (χ1) is 17.1. The number of nitrogens with zero attached hydrogens (tertiary/aromatic N) is 3. The molecule has 3 aromatic carbocycles. The number of benzene rings is 3. The van der Waals surface area contributed by atoms with Gasteiger partial charge in [0.05, 0.1) is 15.8 Å². The van der Waals surface area contributed by atoms with Crippen LogP contribution in [0.2, 0.25) is 0 Å². The van der Waals surface area contributed by atoms with Crippen molar-refractivity contribution in [3.8, 4) is 11.5 Å². The average molecular weight is 487 g/mol. The number of para-hydroxylation sites is 2. The van der Waals surface area contributed by atoms with E-state index in [0.29, 0.717) is 23.6 Å². The molecule has 0 radical (unpaired) electrons. The third kappa shape index (κ3) is 5.31. The molecular formula is C28H30N4O2S. The maximum atomic E-state index is 12.8. The topological polar surface area (TPSA) is 57.7 Å². The molecule has 4 aromatic rings. The standard InChI is InChI=1S/C28H30N4O2S/c1-20-12-13-21(2)26-25(20)30-28(35-26)32-18-16-31(17-19-32)15-14-29-27(33)23-10-6-7-11-24(23)34-22-8-4-3-5-9-22/h3-13H,14-19H2,1-2H3,(H,29,33). The van der Waals surface area contributed by atoms with Crippen molar-refractivity contribution in [2.75, 3.05) is 44.2 Å². The van der Waals surface area contributed by atoms with E-state index >= 15 is 0 Å². The maximum absolute atomic E-state index is 12.8. The van der Waals surface area contributed by atoms with Crippen molar-refractivity contribution in [1.82, 2.24) is 15.2 Å². The molecule has 35 heavy (non-hydrogen) atoms. The average Bonchev–Trinajstić information content (AvgIpc) is 3.35. The maximum Gasteiger partial charge on any atom is 0.255 e. The number of nitrogens with one attached hydrogen (secondary N) is 1. The van der Waals surface area contributed by atoms with Crippen molar-refractivity contribution in [1.29, 1.82) is 0 Å². The van der Waals surface area contributed by atoms with Crippen LogP contribution in [0.4, 0.5) is 5.13 Å². The molecule has 1 aliphatic heterocycles. The van der Waals surface area contributed by atoms with Gasteiger partial charge in [-0.3, -0.25) is 9.69 Å². The molecule has 1 amide bonds. The Labute approximate surface area is 210 Å². The highest BCUT2D eigenvalue weighted by molar-refractivity contribution is 7.22. The summed E-state index contributed by atoms with van der Waals surface area (Å²) < 4.78 is 7.23. The lowest BCUT2D eigenvalue weighted by atomic mass is 10.1. The minimum atomic E-state index is -0.115. The second-order valence-corrected chi connectivity index (χ2v) is 9.85. The molecule has 0 aliphatic carbocycles. The summed E-state index contributed by atoms with van der Waals surface area (Å²) in [6.45, 7) is 9.50. The summed E-state index contributed by atoms with van der Waals surface area (Å²) in [7, 11) is 0. The van der Waals surface area contributed by atoms with Crippen LogP contribution in [-0.2, 0) is 0 Å². The molecule has 1 N–H and O–H groups in total. The number of aromatic nitrogens is 1. The van der Waals surface area contributed by atoms with Crippen LogP contribution in [0.15, 0.2) is 66.7 Å². The van der Waals surface area contributed by atoms with Gasteiger partial charge in [0.1, 0.15) is 11.5 Å². The molecule has 5 rings (SSSR count). The van der Waals surface area contributed by atoms with Crippen molar-refractivity contribution in [3.63, 3.8) is 0 Å². The van der Waals surface area contributed by atoms with Crippen LogP contribution in [0.3, 0.4) is 0 Å². The van der Waals surface area contributed by atoms with Gasteiger partial charge in [0, 0.05) is 39.3 Å². The first-order valence-corrected chi connectivity index (χ1v) is 12.8. The van der Waals surface area contributed by atoms with E-state index in [-0.39, 0.29) is 5.91 Å². The number of fused-ring (bicyclic) bond motifs is 1. The second kappa shape index (κ2) is 10.5. The predicted octanol–water partition coefficient (Wildman–Crippen LogP) is 5.26. The summed E-state index contributed by atoms with van der Waals surface area (Å²) in [6.07, 6.45) is 0. The zero-order chi connectivity index (χ0) is 24.2. The zero-order valence-corrected chi connectivity index (χ0v) is 21.0. The molecule has 1 saturated heterocycles. The molecule has 1 aromatic heterocycles. The highest BCUT2D eigenvalue weighted by atomic mass is 32.1. The van der Waals surface area contributed by atoms with E-state index in [1.165, 1.54) is 15.8 Å². The first-order valence-electron chi connectivity index (χ1n) is 12.0. The quantitative estimate of drug-likeness (QED) is 0.386. The molecule has 0 spiro atoms. The van der Waals surface area contributed by atoms with Gasteiger partial charge in [-0.2, -0.15) is 0 Å². The Morgan fingerprint density at radius 1 is 0.943 bits per heavy atom. The summed E-state index contributed by atoms with van der Waals surface area (Å²) >= 11 is 1.79. The fourth-order valence-electron chi connectivity index (χ4n) is 4.33. The molecule has 0 saturated carbocycles. The van der Waals surface area contributed by atoms with E-state index in [1.54, 1.807) is 17.4 Å². The third-order valence-electron chi connectivity index (χ3n) is 6.39. The highest BCUT2D eigenvalue weighted by Crippen LogP contribution is 2.33. The van der Waals surface area contributed by atoms with E-state index in [0.717, 1.165) is 43.4 Å². The summed E-state index contributed by atoms with van der Waals surface area (Å²) in [5, 5.41) is 4.17. The van der Waals surface area contributed by atoms with Crippen molar-refractivity contribution in [3.05, 3.63) is 83.4 Å². The zero-order valence-electron chi connectivity index (χ0n) is 20.2. The smallest absolute Gasteiger partial charge is 0.255 e. The van der Waals surface area contributed by atoms with Gasteiger partial charge < -0.3 is 15.0 Å². The molecule has 0 unspecified atom stereocenters. The van der Waals surface area contributed by atoms with E-state index in [1.807, 2.05) is 48.5 Å². The van der Waals surface area contributed by atoms with Gasteiger partial charge in [0.2, 0.25) is 0 Å². The van der Waals surface area contributed by atoms with Crippen LogP contribution >= 0.6 is 11.3 Å². The fourth-order valence-corrected chi connectivity index (χ4v) is 5.49. The number of anilines is 1. The second-order valence-electron chi connectivity index (χ2n) is 8.87. The number of piperazine rings is 1. The summed E-state index contributed by atoms with van der Waals surface area (Å²) in [5.41, 5.74) is 4.20. The van der Waals surface area contributed by atoms with Gasteiger partial charge in [-0.1, -0.05) is 53.8 Å². The van der Waals surface area contributed by atoms with Gasteiger partial charge in [-0.15, -0.1) is 0 Å². The summed E-state index contributed by atoms with van der Waals surface area (Å²) in [4.78, 5) is 22.6. The van der Waals surface area contributed by atoms with Crippen LogP contribution in [0, 0.1) is 13.8 Å². The molecule has 2 heterocycles. The molecule has 6 nitrogen and oxygen atoms in total. The van der Waals surface area contributed by atoms with Crippen molar-refractivity contribution < 1.29 is 9.53 Å². The molecule has 0 bridgehead atoms. The van der Waals surface area contributed by atoms with E-state index in [4.69, 9.17) is 9.72 Å². The lowest BCUT2D eigenvalue weighted by Gasteiger charge is -2.34. The van der Waals surface area contributed by atoms with Crippen LogP contribution < -0.4 is 15.0 Å². The van der Waals surface area contributed by atoms with Gasteiger partial charge >= 0.3 is 0 Å². The molecule has 1 fully saturated rings. The minimum Gasteiger partial charge on any atom is -0.457 e. The molecule has 0 atom stereocenters. The Hall–Kier alpha value is -3.42. The van der Waals surface area contributed by atoms with Crippen molar-refractivity contribution >= 4 is 32.6 Å². The molecule has 1 aliphatic rings. The Morgan fingerprint density at radius 3 is 2.43 bits per heavy atom. The third-order valence-corrected chi connectivity index (χ3v) is 7.64. The van der Waals surface area contributed by atoms with Gasteiger partial charge in [-0.05, 0) is 49.2 Å². The fraction of sp³-hybridized carbons (Fsp3) is 0.286. The number of amides is 1. The van der Waals surface area contributed by atoms with Crippen LogP contribution in [0.1, 0.15) is 21.5 Å². The van der Waals surface area contributed by atoms with Crippen molar-refractivity contribution in [2.45, 2.75) is 13.8 Å². The van der Waals surface area contributed by atoms with E-state index < -0.39 is 0 Å². The Bertz CT molecular complexity index is 1270. The number of thiazole rings is 1. The van der Waals surface area contributed by atoms with E-state index in [2.05, 4.69) is 41.1 Å². The Morgan fingerprint density at radius 2 is 1.66 bits per heavy atom. The largest absolute Gasteiger partial charge is 0.457 e. The lowest BCUT2D eigenvalue weighted by molar-refractivity contribution is 0.0945. The normalized spacial score (nSPS) is 14.3. The van der Waals surface area contributed by atoms with Gasteiger partial charge in [0.15, 0.2) is 5.13 Å². The van der Waals surface area contributed by atoms with Gasteiger partial charge in [-0.25, -0.2) is 4.98 Å². The Balaban J connectivity index is 1.13. The van der Waals surface area contributed by atoms with Crippen LogP contribution in [0.25, 0.3) is 10.2 Å². The van der Waals surface area contributed by atoms with Crippen LogP contribution in [0.5, 0.6) is 11.5 Å². The number of rotatable bonds is 7. The molecular weight excluding hydrogens is 456 g/mol. The van der Waals surface area contributed by atoms with Gasteiger partial charge in [0.25, 0.3) is 5.91 Å². The first kappa shape index (κ1) is 23.3. The van der Waals surface area contributed by atoms with Crippen LogP contribution in [-0.4, -0.2) is 55.1 Å². The van der Waals surface area contributed by atoms with Crippen molar-refractivity contribution in [2.24, 2.45) is 0 Å². The molecule has 7 heteroatoms. The van der Waals surface area contributed by atoms with E-state index in [9.17, 15) is 4.79 Å². The number of carbonyl (C=O) groups excluding carboxylic acids is 1. The molecule has 180 valence electrons. The summed E-state index contributed by atoms with van der Waals surface area (Å²) in [5.74, 6) is 1.16. The number of aryl methyl sites for hydroxylation is 2. The number of ether oxygens (including phenoxy) is 1. The Kier molecular flexibility index (Phi) is 6.97. The highest BCUT2D eigenvalue weighted by Gasteiger charge is 2.21. The SMILES string of the molecule is Cc1ccc(C)c2sc(N3CCN(CCNC(=O)c4ccccc4Oc4ccccc4)CC3)nc12. The number of carbonyl (C=O) groups is 1. The lowest BCUT2D eigenvalue weighted by Crippen LogP contribution is -2.48. The summed E-state index contributed by atoms with van der Waals surface area (Å²) in [6, 6.07) is 21.2. The number of hydrogen-bond donors (Lipinski definition) is 1. The number of hydrogen-bond acceptors (Lipinski definition) is 6. The monoisotopic (exact) mass is 486 g/mol. The minimum absolute atomic E-state index is 0.115. The predicted molar refractivity (Wildman–Crippen MR) is 143 cm³/mol.